The molecule has 0 saturated carbocycles. The topological polar surface area (TPSA) is 328 Å². The van der Waals surface area contributed by atoms with Gasteiger partial charge in [-0.1, -0.05) is 0 Å². The van der Waals surface area contributed by atoms with E-state index in [1.165, 1.54) is 24.3 Å². The summed E-state index contributed by atoms with van der Waals surface area (Å²) in [4.78, 5) is 14.2. The van der Waals surface area contributed by atoms with Crippen LogP contribution in [-0.4, -0.2) is 167 Å². The van der Waals surface area contributed by atoms with Crippen LogP contribution in [0, 0.1) is 0 Å². The Bertz CT molecular complexity index is 1750. The zero-order valence-electron chi connectivity index (χ0n) is 26.8. The second-order valence-electron chi connectivity index (χ2n) is 12.4. The molecule has 6 rings (SSSR count). The molecule has 3 aliphatic rings. The maximum atomic E-state index is 14.2. The molecule has 14 atom stereocenters. The zero-order chi connectivity index (χ0) is 37.6. The van der Waals surface area contributed by atoms with Crippen LogP contribution in [0.1, 0.15) is 0 Å². The smallest absolute Gasteiger partial charge is 0.239 e. The molecule has 14 unspecified atom stereocenters. The molecule has 2 aromatic carbocycles. The lowest BCUT2D eigenvalue weighted by Crippen LogP contribution is -2.64. The van der Waals surface area contributed by atoms with Crippen LogP contribution in [-0.2, 0) is 18.9 Å². The fourth-order valence-corrected chi connectivity index (χ4v) is 6.00. The number of hydrogen-bond acceptors (Lipinski definition) is 20. The fourth-order valence-electron chi connectivity index (χ4n) is 6.00. The number of aliphatic hydroxyl groups excluding tert-OH is 10. The van der Waals surface area contributed by atoms with Crippen molar-refractivity contribution in [1.82, 2.24) is 0 Å². The van der Waals surface area contributed by atoms with Crippen molar-refractivity contribution in [1.29, 1.82) is 0 Å². The van der Waals surface area contributed by atoms with Gasteiger partial charge < -0.3 is 94.1 Å². The van der Waals surface area contributed by atoms with Gasteiger partial charge in [0.2, 0.25) is 23.8 Å². The zero-order valence-corrected chi connectivity index (χ0v) is 26.8. The highest BCUT2D eigenvalue weighted by Gasteiger charge is 2.50. The van der Waals surface area contributed by atoms with Crippen LogP contribution in [0.4, 0.5) is 0 Å². The molecule has 3 saturated heterocycles. The number of aliphatic hydroxyl groups is 10. The summed E-state index contributed by atoms with van der Waals surface area (Å²) in [6.07, 6.45) is -24.0. The Labute approximate surface area is 292 Å². The van der Waals surface area contributed by atoms with Crippen LogP contribution in [0.3, 0.4) is 0 Å². The molecule has 20 nitrogen and oxygen atoms in total. The molecule has 4 heterocycles. The Morgan fingerprint density at radius 2 is 1.31 bits per heavy atom. The molecule has 3 aromatic rings. The molecule has 3 aliphatic heterocycles. The Hall–Kier alpha value is -3.71. The molecule has 52 heavy (non-hydrogen) atoms. The Balaban J connectivity index is 1.41. The fraction of sp³-hybridized carbons (Fsp3) is 0.531. The first-order valence-corrected chi connectivity index (χ1v) is 15.9. The SMILES string of the molecule is O=c1c(OC2OC(CO)C(O)C(O)C2OC2OCC(O)C(O)C2O)c(-c2ccc(O)cc2)oc2cc(OC3OC(CO)C(O)C(O)C3O)cc(O)c12. The van der Waals surface area contributed by atoms with E-state index in [4.69, 9.17) is 32.8 Å². The van der Waals surface area contributed by atoms with Crippen LogP contribution >= 0.6 is 0 Å². The number of phenols is 2. The predicted octanol–water partition coefficient (Wildman–Crippen LogP) is -4.31. The van der Waals surface area contributed by atoms with E-state index in [1.54, 1.807) is 0 Å². The highest BCUT2D eigenvalue weighted by atomic mass is 16.8. The van der Waals surface area contributed by atoms with Gasteiger partial charge in [0.15, 0.2) is 18.2 Å². The van der Waals surface area contributed by atoms with Crippen molar-refractivity contribution in [3.8, 4) is 34.3 Å². The quantitative estimate of drug-likeness (QED) is 0.0986. The first-order valence-electron chi connectivity index (χ1n) is 15.9. The third kappa shape index (κ3) is 7.14. The average Bonchev–Trinajstić information content (AvgIpc) is 3.12. The minimum atomic E-state index is -1.93. The van der Waals surface area contributed by atoms with Crippen molar-refractivity contribution in [2.75, 3.05) is 19.8 Å². The molecule has 0 aliphatic carbocycles. The molecule has 0 amide bonds. The van der Waals surface area contributed by atoms with Gasteiger partial charge in [-0.2, -0.15) is 0 Å². The minimum Gasteiger partial charge on any atom is -0.508 e. The van der Waals surface area contributed by atoms with Gasteiger partial charge in [0, 0.05) is 17.7 Å². The monoisotopic (exact) mass is 742 g/mol. The average molecular weight is 743 g/mol. The van der Waals surface area contributed by atoms with Crippen molar-refractivity contribution in [3.05, 3.63) is 46.6 Å². The highest BCUT2D eigenvalue weighted by Crippen LogP contribution is 2.39. The van der Waals surface area contributed by atoms with E-state index in [0.29, 0.717) is 0 Å². The van der Waals surface area contributed by atoms with Gasteiger partial charge in [0.25, 0.3) is 0 Å². The largest absolute Gasteiger partial charge is 0.508 e. The second kappa shape index (κ2) is 15.3. The van der Waals surface area contributed by atoms with E-state index in [2.05, 4.69) is 0 Å². The van der Waals surface area contributed by atoms with E-state index in [1.807, 2.05) is 0 Å². The maximum absolute atomic E-state index is 14.2. The summed E-state index contributed by atoms with van der Waals surface area (Å²) < 4.78 is 39.5. The molecule has 286 valence electrons. The minimum absolute atomic E-state index is 0.0993. The van der Waals surface area contributed by atoms with Gasteiger partial charge in [0.1, 0.15) is 89.3 Å². The lowest BCUT2D eigenvalue weighted by atomic mass is 9.98. The van der Waals surface area contributed by atoms with Gasteiger partial charge in [-0.05, 0) is 24.3 Å². The standard InChI is InChI=1S/C32H38O20/c33-7-16-20(39)23(42)26(45)31(49-16)47-12-5-13(36)18-15(6-12)48-27(10-1-3-11(35)4-2-10)28(22(18)41)51-32-29(24(43)21(40)17(8-34)50-32)52-30-25(44)19(38)14(37)9-46-30/h1-6,14,16-17,19-21,23-26,29-40,42-45H,7-9H2. The molecule has 0 radical (unpaired) electrons. The Morgan fingerprint density at radius 3 is 1.96 bits per heavy atom. The van der Waals surface area contributed by atoms with Crippen molar-refractivity contribution < 1.29 is 94.1 Å². The molecular formula is C32H38O20. The number of phenolic OH excluding ortho intramolecular Hbond substituents is 2. The lowest BCUT2D eigenvalue weighted by molar-refractivity contribution is -0.345. The van der Waals surface area contributed by atoms with Crippen molar-refractivity contribution in [2.24, 2.45) is 0 Å². The first-order chi connectivity index (χ1) is 24.7. The van der Waals surface area contributed by atoms with Gasteiger partial charge in [-0.3, -0.25) is 4.79 Å². The van der Waals surface area contributed by atoms with E-state index < -0.39 is 128 Å². The van der Waals surface area contributed by atoms with Crippen LogP contribution in [0.2, 0.25) is 0 Å². The molecule has 1 aromatic heterocycles. The number of fused-ring (bicyclic) bond motifs is 1. The van der Waals surface area contributed by atoms with E-state index in [0.717, 1.165) is 12.1 Å². The van der Waals surface area contributed by atoms with Crippen LogP contribution in [0.15, 0.2) is 45.6 Å². The molecular weight excluding hydrogens is 704 g/mol. The van der Waals surface area contributed by atoms with E-state index >= 15 is 0 Å². The maximum Gasteiger partial charge on any atom is 0.239 e. The molecule has 3 fully saturated rings. The lowest BCUT2D eigenvalue weighted by Gasteiger charge is -2.44. The second-order valence-corrected chi connectivity index (χ2v) is 12.4. The van der Waals surface area contributed by atoms with E-state index in [-0.39, 0.29) is 28.4 Å². The number of benzene rings is 2. The molecule has 0 bridgehead atoms. The summed E-state index contributed by atoms with van der Waals surface area (Å²) in [6.45, 7) is -2.10. The van der Waals surface area contributed by atoms with Crippen LogP contribution in [0.5, 0.6) is 23.0 Å². The summed E-state index contributed by atoms with van der Waals surface area (Å²) in [5, 5.41) is 123. The normalized spacial score (nSPS) is 36.8. The van der Waals surface area contributed by atoms with Crippen LogP contribution < -0.4 is 14.9 Å². The third-order valence-corrected chi connectivity index (χ3v) is 8.94. The van der Waals surface area contributed by atoms with Crippen molar-refractivity contribution in [3.63, 3.8) is 0 Å². The predicted molar refractivity (Wildman–Crippen MR) is 167 cm³/mol. The van der Waals surface area contributed by atoms with Gasteiger partial charge in [-0.15, -0.1) is 0 Å². The summed E-state index contributed by atoms with van der Waals surface area (Å²) >= 11 is 0. The number of rotatable bonds is 9. The van der Waals surface area contributed by atoms with Gasteiger partial charge in [0.05, 0.1) is 19.8 Å². The number of hydrogen-bond donors (Lipinski definition) is 12. The van der Waals surface area contributed by atoms with Gasteiger partial charge in [-0.25, -0.2) is 0 Å². The van der Waals surface area contributed by atoms with Crippen LogP contribution in [0.25, 0.3) is 22.3 Å². The number of ether oxygens (including phenoxy) is 6. The molecule has 0 spiro atoms. The summed E-state index contributed by atoms with van der Waals surface area (Å²) in [7, 11) is 0. The van der Waals surface area contributed by atoms with E-state index in [9.17, 15) is 66.1 Å². The Morgan fingerprint density at radius 1 is 0.692 bits per heavy atom. The first kappa shape index (κ1) is 38.0. The van der Waals surface area contributed by atoms with Gasteiger partial charge >= 0.3 is 0 Å². The third-order valence-electron chi connectivity index (χ3n) is 8.94. The molecule has 20 heteroatoms. The van der Waals surface area contributed by atoms with Crippen molar-refractivity contribution >= 4 is 11.0 Å². The summed E-state index contributed by atoms with van der Waals surface area (Å²) in [5.74, 6) is -2.26. The van der Waals surface area contributed by atoms with Crippen molar-refractivity contribution in [2.45, 2.75) is 86.0 Å². The molecule has 12 N–H and O–H groups in total. The Kier molecular flexibility index (Phi) is 11.2. The summed E-state index contributed by atoms with van der Waals surface area (Å²) in [5.41, 5.74) is -1.30. The highest BCUT2D eigenvalue weighted by molar-refractivity contribution is 5.88. The number of aromatic hydroxyl groups is 2. The summed E-state index contributed by atoms with van der Waals surface area (Å²) in [6, 6.07) is 7.17.